The lowest BCUT2D eigenvalue weighted by Gasteiger charge is -2.23. The van der Waals surface area contributed by atoms with Gasteiger partial charge in [-0.15, -0.1) is 0 Å². The fourth-order valence-corrected chi connectivity index (χ4v) is 2.10. The minimum Gasteiger partial charge on any atom is -0.357 e. The largest absolute Gasteiger partial charge is 0.357 e. The van der Waals surface area contributed by atoms with Crippen LogP contribution in [-0.4, -0.2) is 49.6 Å². The standard InChI is InChI=1S/C15H30N4/c1-5-13(3)19(4)12-11-17-15(16-6-2)18-14-9-7-8-10-14/h7-8,13-14H,5-6,9-12H2,1-4H3,(H2,16,17,18). The van der Waals surface area contributed by atoms with Gasteiger partial charge in [0.25, 0.3) is 0 Å². The van der Waals surface area contributed by atoms with E-state index in [1.807, 2.05) is 0 Å². The van der Waals surface area contributed by atoms with E-state index in [1.165, 1.54) is 6.42 Å². The average Bonchev–Trinajstić information content (AvgIpc) is 2.90. The molecule has 110 valence electrons. The third-order valence-corrected chi connectivity index (χ3v) is 3.76. The Morgan fingerprint density at radius 1 is 1.37 bits per heavy atom. The SMILES string of the molecule is CCNC(=NCCN(C)C(C)CC)NC1CC=CC1. The summed E-state index contributed by atoms with van der Waals surface area (Å²) in [6, 6.07) is 1.15. The van der Waals surface area contributed by atoms with Crippen molar-refractivity contribution in [2.24, 2.45) is 4.99 Å². The first-order valence-electron chi connectivity index (χ1n) is 7.57. The molecule has 1 aliphatic rings. The van der Waals surface area contributed by atoms with Crippen molar-refractivity contribution in [3.63, 3.8) is 0 Å². The molecule has 0 fully saturated rings. The van der Waals surface area contributed by atoms with Crippen LogP contribution in [-0.2, 0) is 0 Å². The molecule has 0 heterocycles. The van der Waals surface area contributed by atoms with Crippen molar-refractivity contribution in [2.45, 2.75) is 52.1 Å². The molecule has 0 radical (unpaired) electrons. The Labute approximate surface area is 118 Å². The van der Waals surface area contributed by atoms with E-state index in [-0.39, 0.29) is 0 Å². The Morgan fingerprint density at radius 2 is 2.05 bits per heavy atom. The molecule has 1 rings (SSSR count). The van der Waals surface area contributed by atoms with Crippen LogP contribution in [0.5, 0.6) is 0 Å². The van der Waals surface area contributed by atoms with E-state index in [0.29, 0.717) is 12.1 Å². The number of rotatable bonds is 7. The predicted octanol–water partition coefficient (Wildman–Crippen LogP) is 1.99. The van der Waals surface area contributed by atoms with E-state index in [2.05, 4.69) is 60.5 Å². The van der Waals surface area contributed by atoms with Crippen molar-refractivity contribution in [1.82, 2.24) is 15.5 Å². The van der Waals surface area contributed by atoms with Gasteiger partial charge in [0.1, 0.15) is 0 Å². The van der Waals surface area contributed by atoms with Gasteiger partial charge in [-0.3, -0.25) is 4.99 Å². The number of guanidine groups is 1. The number of aliphatic imine (C=N–C) groups is 1. The molecule has 1 aliphatic carbocycles. The molecule has 0 aromatic heterocycles. The highest BCUT2D eigenvalue weighted by Gasteiger charge is 2.11. The zero-order valence-electron chi connectivity index (χ0n) is 12.9. The Balaban J connectivity index is 2.35. The van der Waals surface area contributed by atoms with Crippen LogP contribution in [0.15, 0.2) is 17.1 Å². The summed E-state index contributed by atoms with van der Waals surface area (Å²) < 4.78 is 0. The van der Waals surface area contributed by atoms with E-state index < -0.39 is 0 Å². The molecule has 0 aromatic carbocycles. The summed E-state index contributed by atoms with van der Waals surface area (Å²) in [5.74, 6) is 0.953. The maximum atomic E-state index is 4.66. The highest BCUT2D eigenvalue weighted by atomic mass is 15.2. The zero-order valence-corrected chi connectivity index (χ0v) is 12.9. The molecule has 0 saturated carbocycles. The molecule has 4 heteroatoms. The lowest BCUT2D eigenvalue weighted by molar-refractivity contribution is 0.259. The summed E-state index contributed by atoms with van der Waals surface area (Å²) in [5.41, 5.74) is 0. The van der Waals surface area contributed by atoms with Crippen molar-refractivity contribution < 1.29 is 0 Å². The molecule has 0 aliphatic heterocycles. The Bertz CT molecular complexity index is 291. The lowest BCUT2D eigenvalue weighted by atomic mass is 10.2. The van der Waals surface area contributed by atoms with Crippen LogP contribution in [0.3, 0.4) is 0 Å². The van der Waals surface area contributed by atoms with Gasteiger partial charge >= 0.3 is 0 Å². The molecule has 0 saturated heterocycles. The molecule has 0 spiro atoms. The van der Waals surface area contributed by atoms with E-state index in [4.69, 9.17) is 0 Å². The van der Waals surface area contributed by atoms with Gasteiger partial charge in [0.05, 0.1) is 6.54 Å². The second kappa shape index (κ2) is 8.97. The van der Waals surface area contributed by atoms with Gasteiger partial charge in [0.2, 0.25) is 0 Å². The van der Waals surface area contributed by atoms with Gasteiger partial charge in [0.15, 0.2) is 5.96 Å². The van der Waals surface area contributed by atoms with Crippen LogP contribution < -0.4 is 10.6 Å². The Morgan fingerprint density at radius 3 is 2.63 bits per heavy atom. The third kappa shape index (κ3) is 6.10. The van der Waals surface area contributed by atoms with Crippen molar-refractivity contribution in [3.8, 4) is 0 Å². The summed E-state index contributed by atoms with van der Waals surface area (Å²) in [7, 11) is 2.17. The monoisotopic (exact) mass is 266 g/mol. The molecule has 0 aromatic rings. The molecule has 1 unspecified atom stereocenters. The lowest BCUT2D eigenvalue weighted by Crippen LogP contribution is -2.43. The Kier molecular flexibility index (Phi) is 7.56. The average molecular weight is 266 g/mol. The number of likely N-dealkylation sites (N-methyl/N-ethyl adjacent to an activating group) is 1. The van der Waals surface area contributed by atoms with E-state index in [0.717, 1.165) is 38.4 Å². The summed E-state index contributed by atoms with van der Waals surface area (Å²) in [4.78, 5) is 7.02. The van der Waals surface area contributed by atoms with Crippen LogP contribution in [0.2, 0.25) is 0 Å². The van der Waals surface area contributed by atoms with E-state index in [1.54, 1.807) is 0 Å². The van der Waals surface area contributed by atoms with Crippen LogP contribution in [0.1, 0.15) is 40.0 Å². The van der Waals surface area contributed by atoms with E-state index in [9.17, 15) is 0 Å². The van der Waals surface area contributed by atoms with Gasteiger partial charge in [-0.1, -0.05) is 19.1 Å². The second-order valence-corrected chi connectivity index (χ2v) is 5.28. The molecule has 0 bridgehead atoms. The summed E-state index contributed by atoms with van der Waals surface area (Å²) >= 11 is 0. The fourth-order valence-electron chi connectivity index (χ4n) is 2.10. The molecule has 1 atom stereocenters. The summed E-state index contributed by atoms with van der Waals surface area (Å²) in [5, 5.41) is 6.81. The summed E-state index contributed by atoms with van der Waals surface area (Å²) in [6.45, 7) is 9.36. The molecule has 2 N–H and O–H groups in total. The first-order valence-corrected chi connectivity index (χ1v) is 7.57. The van der Waals surface area contributed by atoms with Gasteiger partial charge in [-0.2, -0.15) is 0 Å². The van der Waals surface area contributed by atoms with Crippen molar-refractivity contribution in [3.05, 3.63) is 12.2 Å². The van der Waals surface area contributed by atoms with Gasteiger partial charge < -0.3 is 15.5 Å². The highest BCUT2D eigenvalue weighted by molar-refractivity contribution is 5.80. The first-order chi connectivity index (χ1) is 9.17. The summed E-state index contributed by atoms with van der Waals surface area (Å²) in [6.07, 6.45) is 7.87. The maximum Gasteiger partial charge on any atom is 0.191 e. The minimum absolute atomic E-state index is 0.519. The molecule has 19 heavy (non-hydrogen) atoms. The topological polar surface area (TPSA) is 39.7 Å². The first kappa shape index (κ1) is 16.0. The molecular weight excluding hydrogens is 236 g/mol. The molecular formula is C15H30N4. The maximum absolute atomic E-state index is 4.66. The minimum atomic E-state index is 0.519. The number of hydrogen-bond donors (Lipinski definition) is 2. The second-order valence-electron chi connectivity index (χ2n) is 5.28. The Hall–Kier alpha value is -1.03. The normalized spacial score (nSPS) is 18.1. The van der Waals surface area contributed by atoms with Crippen molar-refractivity contribution in [2.75, 3.05) is 26.7 Å². The van der Waals surface area contributed by atoms with Crippen LogP contribution in [0, 0.1) is 0 Å². The van der Waals surface area contributed by atoms with Crippen LogP contribution in [0.25, 0.3) is 0 Å². The van der Waals surface area contributed by atoms with Gasteiger partial charge in [0, 0.05) is 25.2 Å². The molecule has 4 nitrogen and oxygen atoms in total. The molecule has 0 amide bonds. The van der Waals surface area contributed by atoms with E-state index >= 15 is 0 Å². The van der Waals surface area contributed by atoms with Gasteiger partial charge in [-0.25, -0.2) is 0 Å². The number of nitrogens with zero attached hydrogens (tertiary/aromatic N) is 2. The quantitative estimate of drug-likeness (QED) is 0.420. The van der Waals surface area contributed by atoms with Crippen molar-refractivity contribution >= 4 is 5.96 Å². The smallest absolute Gasteiger partial charge is 0.191 e. The van der Waals surface area contributed by atoms with Crippen LogP contribution in [0.4, 0.5) is 0 Å². The third-order valence-electron chi connectivity index (χ3n) is 3.76. The van der Waals surface area contributed by atoms with Crippen molar-refractivity contribution in [1.29, 1.82) is 0 Å². The zero-order chi connectivity index (χ0) is 14.1. The number of nitrogens with one attached hydrogen (secondary N) is 2. The van der Waals surface area contributed by atoms with Crippen LogP contribution >= 0.6 is 0 Å². The predicted molar refractivity (Wildman–Crippen MR) is 83.7 cm³/mol. The number of hydrogen-bond acceptors (Lipinski definition) is 2. The highest BCUT2D eigenvalue weighted by Crippen LogP contribution is 2.08. The van der Waals surface area contributed by atoms with Gasteiger partial charge in [-0.05, 0) is 40.2 Å². The fraction of sp³-hybridized carbons (Fsp3) is 0.800.